The lowest BCUT2D eigenvalue weighted by Gasteiger charge is -2.33. The van der Waals surface area contributed by atoms with E-state index < -0.39 is 0 Å². The number of nitrogens with zero attached hydrogens (tertiary/aromatic N) is 5. The molecule has 1 fully saturated rings. The zero-order valence-electron chi connectivity index (χ0n) is 17.1. The van der Waals surface area contributed by atoms with E-state index in [0.717, 1.165) is 50.1 Å². The van der Waals surface area contributed by atoms with Crippen LogP contribution >= 0.6 is 0 Å². The number of hydrogen-bond donors (Lipinski definition) is 2. The molecule has 2 aromatic heterocycles. The molecule has 0 saturated carbocycles. The Hall–Kier alpha value is -2.64. The lowest BCUT2D eigenvalue weighted by molar-refractivity contribution is 0.372. The van der Waals surface area contributed by atoms with Gasteiger partial charge in [0.1, 0.15) is 5.82 Å². The van der Waals surface area contributed by atoms with Gasteiger partial charge in [-0.25, -0.2) is 4.98 Å². The number of piperidine rings is 1. The van der Waals surface area contributed by atoms with Gasteiger partial charge in [-0.3, -0.25) is 4.99 Å². The van der Waals surface area contributed by atoms with Crippen LogP contribution in [0.3, 0.4) is 0 Å². The third kappa shape index (κ3) is 5.68. The molecule has 3 heterocycles. The molecule has 0 atom stereocenters. The molecule has 1 aliphatic heterocycles. The minimum Gasteiger partial charge on any atom is -0.357 e. The van der Waals surface area contributed by atoms with Crippen LogP contribution in [0.1, 0.15) is 51.2 Å². The molecule has 8 heteroatoms. The highest BCUT2D eigenvalue weighted by Crippen LogP contribution is 2.17. The molecular weight excluding hydrogens is 354 g/mol. The molecule has 2 N–H and O–H groups in total. The quantitative estimate of drug-likeness (QED) is 0.558. The summed E-state index contributed by atoms with van der Waals surface area (Å²) in [4.78, 5) is 15.9. The molecule has 8 nitrogen and oxygen atoms in total. The maximum Gasteiger partial charge on any atom is 0.228 e. The monoisotopic (exact) mass is 385 g/mol. The van der Waals surface area contributed by atoms with Gasteiger partial charge < -0.3 is 20.1 Å². The van der Waals surface area contributed by atoms with Gasteiger partial charge in [-0.15, -0.1) is 0 Å². The minimum atomic E-state index is 0.275. The number of nitrogens with one attached hydrogen (secondary N) is 2. The fraction of sp³-hybridized carbons (Fsp3) is 0.600. The van der Waals surface area contributed by atoms with Crippen LogP contribution in [0.4, 0.5) is 5.82 Å². The standard InChI is InChI=1S/C20H31N7O/c1-4-21-20(23-12-8-18-25-19(15(2)3)26-28-18)24-16-9-13-27(14-10-16)17-7-5-6-11-22-17/h5-7,11,15-16H,4,8-10,12-14H2,1-3H3,(H2,21,23,24). The summed E-state index contributed by atoms with van der Waals surface area (Å²) in [5.74, 6) is 3.58. The Labute approximate surface area is 166 Å². The summed E-state index contributed by atoms with van der Waals surface area (Å²) in [5, 5.41) is 10.9. The zero-order chi connectivity index (χ0) is 19.8. The summed E-state index contributed by atoms with van der Waals surface area (Å²) in [6.45, 7) is 9.62. The predicted molar refractivity (Wildman–Crippen MR) is 111 cm³/mol. The van der Waals surface area contributed by atoms with E-state index in [-0.39, 0.29) is 5.92 Å². The van der Waals surface area contributed by atoms with Crippen molar-refractivity contribution in [1.82, 2.24) is 25.8 Å². The molecule has 0 unspecified atom stereocenters. The molecule has 0 bridgehead atoms. The molecule has 28 heavy (non-hydrogen) atoms. The van der Waals surface area contributed by atoms with Gasteiger partial charge in [0.25, 0.3) is 0 Å². The molecule has 152 valence electrons. The number of aliphatic imine (C=N–C) groups is 1. The van der Waals surface area contributed by atoms with Gasteiger partial charge in [0.2, 0.25) is 5.89 Å². The smallest absolute Gasteiger partial charge is 0.228 e. The first-order valence-electron chi connectivity index (χ1n) is 10.2. The predicted octanol–water partition coefficient (Wildman–Crippen LogP) is 2.35. The molecule has 0 radical (unpaired) electrons. The van der Waals surface area contributed by atoms with Crippen LogP contribution in [-0.4, -0.2) is 53.3 Å². The van der Waals surface area contributed by atoms with Crippen LogP contribution in [0.2, 0.25) is 0 Å². The molecule has 2 aromatic rings. The summed E-state index contributed by atoms with van der Waals surface area (Å²) < 4.78 is 5.29. The van der Waals surface area contributed by atoms with Crippen molar-refractivity contribution in [3.05, 3.63) is 36.1 Å². The van der Waals surface area contributed by atoms with Gasteiger partial charge >= 0.3 is 0 Å². The van der Waals surface area contributed by atoms with Crippen molar-refractivity contribution in [3.8, 4) is 0 Å². The molecule has 0 spiro atoms. The molecule has 1 aliphatic rings. The van der Waals surface area contributed by atoms with E-state index in [9.17, 15) is 0 Å². The Morgan fingerprint density at radius 2 is 2.14 bits per heavy atom. The van der Waals surface area contributed by atoms with Crippen molar-refractivity contribution < 1.29 is 4.52 Å². The fourth-order valence-electron chi connectivity index (χ4n) is 3.17. The van der Waals surface area contributed by atoms with Crippen LogP contribution in [0, 0.1) is 0 Å². The molecular formula is C20H31N7O. The average molecular weight is 386 g/mol. The first kappa shape index (κ1) is 20.1. The van der Waals surface area contributed by atoms with Crippen LogP contribution in [-0.2, 0) is 6.42 Å². The van der Waals surface area contributed by atoms with Gasteiger partial charge in [0, 0.05) is 44.2 Å². The molecule has 1 saturated heterocycles. The second-order valence-corrected chi connectivity index (χ2v) is 7.31. The van der Waals surface area contributed by atoms with Crippen LogP contribution in [0.25, 0.3) is 0 Å². The minimum absolute atomic E-state index is 0.275. The lowest BCUT2D eigenvalue weighted by atomic mass is 10.1. The Morgan fingerprint density at radius 1 is 1.32 bits per heavy atom. The van der Waals surface area contributed by atoms with E-state index in [0.29, 0.717) is 24.9 Å². The average Bonchev–Trinajstić information content (AvgIpc) is 3.19. The third-order valence-electron chi connectivity index (χ3n) is 4.75. The highest BCUT2D eigenvalue weighted by Gasteiger charge is 2.20. The summed E-state index contributed by atoms with van der Waals surface area (Å²) in [6, 6.07) is 6.47. The molecule has 0 amide bonds. The maximum atomic E-state index is 5.29. The van der Waals surface area contributed by atoms with Crippen LogP contribution in [0.5, 0.6) is 0 Å². The van der Waals surface area contributed by atoms with E-state index in [1.807, 2.05) is 18.3 Å². The fourth-order valence-corrected chi connectivity index (χ4v) is 3.17. The Balaban J connectivity index is 1.48. The van der Waals surface area contributed by atoms with Crippen LogP contribution in [0.15, 0.2) is 33.9 Å². The number of anilines is 1. The van der Waals surface area contributed by atoms with Crippen molar-refractivity contribution in [2.45, 2.75) is 52.0 Å². The Morgan fingerprint density at radius 3 is 2.79 bits per heavy atom. The van der Waals surface area contributed by atoms with E-state index >= 15 is 0 Å². The number of rotatable bonds is 7. The van der Waals surface area contributed by atoms with E-state index in [1.165, 1.54) is 0 Å². The van der Waals surface area contributed by atoms with Gasteiger partial charge in [0.05, 0.1) is 6.54 Å². The first-order chi connectivity index (χ1) is 13.7. The van der Waals surface area contributed by atoms with Gasteiger partial charge in [-0.2, -0.15) is 4.98 Å². The number of hydrogen-bond acceptors (Lipinski definition) is 6. The first-order valence-corrected chi connectivity index (χ1v) is 10.2. The van der Waals surface area contributed by atoms with Crippen molar-refractivity contribution in [1.29, 1.82) is 0 Å². The van der Waals surface area contributed by atoms with E-state index in [1.54, 1.807) is 0 Å². The second-order valence-electron chi connectivity index (χ2n) is 7.31. The number of guanidine groups is 1. The van der Waals surface area contributed by atoms with Gasteiger partial charge in [-0.1, -0.05) is 25.1 Å². The molecule has 0 aromatic carbocycles. The third-order valence-corrected chi connectivity index (χ3v) is 4.75. The lowest BCUT2D eigenvalue weighted by Crippen LogP contribution is -2.49. The summed E-state index contributed by atoms with van der Waals surface area (Å²) in [7, 11) is 0. The highest BCUT2D eigenvalue weighted by molar-refractivity contribution is 5.80. The van der Waals surface area contributed by atoms with Crippen LogP contribution < -0.4 is 15.5 Å². The normalized spacial score (nSPS) is 15.9. The summed E-state index contributed by atoms with van der Waals surface area (Å²) in [6.07, 6.45) is 4.61. The maximum absolute atomic E-state index is 5.29. The molecule has 0 aliphatic carbocycles. The van der Waals surface area contributed by atoms with E-state index in [2.05, 4.69) is 62.5 Å². The summed E-state index contributed by atoms with van der Waals surface area (Å²) in [5.41, 5.74) is 0. The second kappa shape index (κ2) is 10.1. The van der Waals surface area contributed by atoms with Crippen molar-refractivity contribution in [2.24, 2.45) is 4.99 Å². The van der Waals surface area contributed by atoms with Crippen molar-refractivity contribution >= 4 is 11.8 Å². The topological polar surface area (TPSA) is 91.5 Å². The summed E-state index contributed by atoms with van der Waals surface area (Å²) >= 11 is 0. The zero-order valence-corrected chi connectivity index (χ0v) is 17.1. The van der Waals surface area contributed by atoms with Crippen molar-refractivity contribution in [3.63, 3.8) is 0 Å². The Kier molecular flexibility index (Phi) is 7.22. The SMILES string of the molecule is CCNC(=NCCc1nc(C(C)C)no1)NC1CCN(c2ccccn2)CC1. The number of aromatic nitrogens is 3. The van der Waals surface area contributed by atoms with Gasteiger partial charge in [0.15, 0.2) is 11.8 Å². The molecule has 3 rings (SSSR count). The number of pyridine rings is 1. The van der Waals surface area contributed by atoms with Crippen molar-refractivity contribution in [2.75, 3.05) is 31.1 Å². The largest absolute Gasteiger partial charge is 0.357 e. The van der Waals surface area contributed by atoms with E-state index in [4.69, 9.17) is 4.52 Å². The highest BCUT2D eigenvalue weighted by atomic mass is 16.5. The van der Waals surface area contributed by atoms with Gasteiger partial charge in [-0.05, 0) is 31.9 Å². The Bertz CT molecular complexity index is 736.